The summed E-state index contributed by atoms with van der Waals surface area (Å²) in [6.45, 7) is 3.74. The van der Waals surface area contributed by atoms with Crippen LogP contribution in [-0.2, 0) is 23.6 Å². The summed E-state index contributed by atoms with van der Waals surface area (Å²) in [6.07, 6.45) is 0. The van der Waals surface area contributed by atoms with Gasteiger partial charge in [0.15, 0.2) is 0 Å². The van der Waals surface area contributed by atoms with E-state index in [1.165, 1.54) is 6.07 Å². The number of nitrogens with zero attached hydrogens (tertiary/aromatic N) is 2. The number of nitrogen functional groups attached to an aromatic ring is 1. The highest BCUT2D eigenvalue weighted by atomic mass is 32.2. The molecule has 0 spiro atoms. The van der Waals surface area contributed by atoms with E-state index in [2.05, 4.69) is 9.82 Å². The fraction of sp³-hybridized carbons (Fsp3) is 0.308. The maximum Gasteiger partial charge on any atom is 0.241 e. The topological polar surface area (TPSA) is 90.0 Å². The Bertz CT molecular complexity index is 763. The third-order valence-electron chi connectivity index (χ3n) is 3.30. The van der Waals surface area contributed by atoms with E-state index in [1.54, 1.807) is 18.7 Å². The van der Waals surface area contributed by atoms with Crippen molar-refractivity contribution in [3.63, 3.8) is 0 Å². The van der Waals surface area contributed by atoms with Gasteiger partial charge >= 0.3 is 0 Å². The molecule has 0 aliphatic carbocycles. The number of aryl methyl sites for hydroxylation is 2. The Hall–Kier alpha value is -1.93. The predicted octanol–water partition coefficient (Wildman–Crippen LogP) is 1.24. The quantitative estimate of drug-likeness (QED) is 0.831. The highest BCUT2D eigenvalue weighted by molar-refractivity contribution is 7.89. The molecule has 0 aliphatic heterocycles. The molecule has 0 atom stereocenters. The molecule has 0 saturated heterocycles. The van der Waals surface area contributed by atoms with Crippen LogP contribution < -0.4 is 10.5 Å². The second-order valence-electron chi connectivity index (χ2n) is 4.82. The van der Waals surface area contributed by atoms with Crippen LogP contribution in [0, 0.1) is 19.7 Å². The zero-order chi connectivity index (χ0) is 15.8. The first-order valence-corrected chi connectivity index (χ1v) is 7.74. The zero-order valence-corrected chi connectivity index (χ0v) is 12.8. The van der Waals surface area contributed by atoms with Gasteiger partial charge in [-0.2, -0.15) is 5.10 Å². The first kappa shape index (κ1) is 15.5. The van der Waals surface area contributed by atoms with Gasteiger partial charge in [-0.15, -0.1) is 0 Å². The highest BCUT2D eigenvalue weighted by Crippen LogP contribution is 2.17. The molecule has 0 amide bonds. The number of nitrogens with one attached hydrogen (secondary N) is 1. The Kier molecular flexibility index (Phi) is 4.02. The SMILES string of the molecule is Cc1nn(C)c(C)c1CNS(=O)(=O)c1cc(N)cc(F)c1. The van der Waals surface area contributed by atoms with Crippen molar-refractivity contribution in [3.8, 4) is 0 Å². The van der Waals surface area contributed by atoms with Gasteiger partial charge in [0, 0.05) is 30.5 Å². The molecule has 0 radical (unpaired) electrons. The minimum absolute atomic E-state index is 0.0594. The summed E-state index contributed by atoms with van der Waals surface area (Å²) in [5.74, 6) is -0.691. The number of hydrogen-bond acceptors (Lipinski definition) is 4. The fourth-order valence-corrected chi connectivity index (χ4v) is 3.12. The Morgan fingerprint density at radius 1 is 1.33 bits per heavy atom. The van der Waals surface area contributed by atoms with Crippen molar-refractivity contribution in [1.82, 2.24) is 14.5 Å². The molecule has 8 heteroatoms. The molecule has 6 nitrogen and oxygen atoms in total. The molecule has 2 rings (SSSR count). The van der Waals surface area contributed by atoms with E-state index < -0.39 is 15.8 Å². The van der Waals surface area contributed by atoms with Crippen LogP contribution in [-0.4, -0.2) is 18.2 Å². The van der Waals surface area contributed by atoms with Gasteiger partial charge in [-0.1, -0.05) is 0 Å². The predicted molar refractivity (Wildman–Crippen MR) is 77.5 cm³/mol. The van der Waals surface area contributed by atoms with E-state index in [1.807, 2.05) is 6.92 Å². The summed E-state index contributed by atoms with van der Waals surface area (Å²) < 4.78 is 41.7. The van der Waals surface area contributed by atoms with Crippen molar-refractivity contribution in [2.75, 3.05) is 5.73 Å². The van der Waals surface area contributed by atoms with Crippen molar-refractivity contribution < 1.29 is 12.8 Å². The van der Waals surface area contributed by atoms with Crippen LogP contribution in [0.4, 0.5) is 10.1 Å². The van der Waals surface area contributed by atoms with Crippen LogP contribution in [0.15, 0.2) is 23.1 Å². The molecule has 1 aromatic carbocycles. The minimum atomic E-state index is -3.83. The standard InChI is InChI=1S/C13H17FN4O2S/c1-8-13(9(2)18(3)17-8)7-16-21(19,20)12-5-10(14)4-11(15)6-12/h4-6,16H,7,15H2,1-3H3. The number of hydrogen-bond donors (Lipinski definition) is 2. The lowest BCUT2D eigenvalue weighted by molar-refractivity contribution is 0.577. The summed E-state index contributed by atoms with van der Waals surface area (Å²) in [5.41, 5.74) is 7.94. The molecule has 1 heterocycles. The average Bonchev–Trinajstić information content (AvgIpc) is 2.60. The summed E-state index contributed by atoms with van der Waals surface area (Å²) in [4.78, 5) is -0.195. The largest absolute Gasteiger partial charge is 0.399 e. The van der Waals surface area contributed by atoms with Gasteiger partial charge in [-0.05, 0) is 32.0 Å². The Morgan fingerprint density at radius 2 is 2.00 bits per heavy atom. The number of anilines is 1. The molecule has 0 bridgehead atoms. The number of rotatable bonds is 4. The Morgan fingerprint density at radius 3 is 2.52 bits per heavy atom. The second-order valence-corrected chi connectivity index (χ2v) is 6.58. The van der Waals surface area contributed by atoms with Crippen molar-refractivity contribution in [3.05, 3.63) is 41.0 Å². The van der Waals surface area contributed by atoms with Crippen LogP contribution >= 0.6 is 0 Å². The van der Waals surface area contributed by atoms with Gasteiger partial charge in [0.1, 0.15) is 5.82 Å². The number of benzene rings is 1. The van der Waals surface area contributed by atoms with Gasteiger partial charge in [-0.3, -0.25) is 4.68 Å². The molecule has 21 heavy (non-hydrogen) atoms. The monoisotopic (exact) mass is 312 g/mol. The van der Waals surface area contributed by atoms with E-state index in [0.717, 1.165) is 29.1 Å². The zero-order valence-electron chi connectivity index (χ0n) is 12.0. The molecular formula is C13H17FN4O2S. The van der Waals surface area contributed by atoms with Crippen LogP contribution in [0.2, 0.25) is 0 Å². The molecule has 0 saturated carbocycles. The molecule has 0 unspecified atom stereocenters. The summed E-state index contributed by atoms with van der Waals surface area (Å²) in [7, 11) is -2.05. The van der Waals surface area contributed by atoms with E-state index >= 15 is 0 Å². The van der Waals surface area contributed by atoms with Gasteiger partial charge < -0.3 is 5.73 Å². The fourth-order valence-electron chi connectivity index (χ4n) is 2.06. The van der Waals surface area contributed by atoms with Crippen molar-refractivity contribution in [2.24, 2.45) is 7.05 Å². The second kappa shape index (κ2) is 5.45. The highest BCUT2D eigenvalue weighted by Gasteiger charge is 2.18. The van der Waals surface area contributed by atoms with Crippen LogP contribution in [0.5, 0.6) is 0 Å². The number of sulfonamides is 1. The lowest BCUT2D eigenvalue weighted by Crippen LogP contribution is -2.24. The normalized spacial score (nSPS) is 11.8. The number of nitrogens with two attached hydrogens (primary N) is 1. The summed E-state index contributed by atoms with van der Waals surface area (Å²) >= 11 is 0. The summed E-state index contributed by atoms with van der Waals surface area (Å²) in [6, 6.07) is 3.21. The third-order valence-corrected chi connectivity index (χ3v) is 4.68. The number of halogens is 1. The van der Waals surface area contributed by atoms with Crippen LogP contribution in [0.1, 0.15) is 17.0 Å². The lowest BCUT2D eigenvalue weighted by Gasteiger charge is -2.08. The molecule has 0 aliphatic rings. The molecule has 0 fully saturated rings. The van der Waals surface area contributed by atoms with Crippen molar-refractivity contribution in [1.29, 1.82) is 0 Å². The minimum Gasteiger partial charge on any atom is -0.399 e. The van der Waals surface area contributed by atoms with E-state index in [0.29, 0.717) is 0 Å². The smallest absolute Gasteiger partial charge is 0.241 e. The molecule has 3 N–H and O–H groups in total. The first-order chi connectivity index (χ1) is 9.70. The van der Waals surface area contributed by atoms with E-state index in [9.17, 15) is 12.8 Å². The van der Waals surface area contributed by atoms with E-state index in [-0.39, 0.29) is 17.1 Å². The molecule has 114 valence electrons. The first-order valence-electron chi connectivity index (χ1n) is 6.25. The average molecular weight is 312 g/mol. The maximum atomic E-state index is 13.3. The van der Waals surface area contributed by atoms with Gasteiger partial charge in [0.25, 0.3) is 0 Å². The van der Waals surface area contributed by atoms with Gasteiger partial charge in [0.05, 0.1) is 10.6 Å². The third kappa shape index (κ3) is 3.22. The van der Waals surface area contributed by atoms with E-state index in [4.69, 9.17) is 5.73 Å². The van der Waals surface area contributed by atoms with Crippen LogP contribution in [0.3, 0.4) is 0 Å². The maximum absolute atomic E-state index is 13.3. The Balaban J connectivity index is 2.26. The van der Waals surface area contributed by atoms with Crippen molar-refractivity contribution in [2.45, 2.75) is 25.3 Å². The van der Waals surface area contributed by atoms with Gasteiger partial charge in [0.2, 0.25) is 10.0 Å². The summed E-state index contributed by atoms with van der Waals surface area (Å²) in [5, 5.41) is 4.21. The molecular weight excluding hydrogens is 295 g/mol. The Labute approximate surface area is 122 Å². The van der Waals surface area contributed by atoms with Crippen LogP contribution in [0.25, 0.3) is 0 Å². The number of aromatic nitrogens is 2. The molecule has 1 aromatic heterocycles. The van der Waals surface area contributed by atoms with Gasteiger partial charge in [-0.25, -0.2) is 17.5 Å². The lowest BCUT2D eigenvalue weighted by atomic mass is 10.2. The molecule has 2 aromatic rings. The van der Waals surface area contributed by atoms with Crippen molar-refractivity contribution >= 4 is 15.7 Å².